The van der Waals surface area contributed by atoms with Crippen LogP contribution in [0.15, 0.2) is 42.7 Å². The minimum absolute atomic E-state index is 0.189. The highest BCUT2D eigenvalue weighted by Gasteiger charge is 2.26. The summed E-state index contributed by atoms with van der Waals surface area (Å²) in [6, 6.07) is 6.94. The monoisotopic (exact) mass is 347 g/mol. The molecule has 5 nitrogen and oxygen atoms in total. The van der Waals surface area contributed by atoms with E-state index in [9.17, 15) is 13.6 Å². The van der Waals surface area contributed by atoms with E-state index < -0.39 is 17.7 Å². The van der Waals surface area contributed by atoms with Gasteiger partial charge in [0, 0.05) is 18.9 Å². The third-order valence-electron chi connectivity index (χ3n) is 4.19. The molecule has 1 aliphatic rings. The summed E-state index contributed by atoms with van der Waals surface area (Å²) in [6.45, 7) is 2.92. The van der Waals surface area contributed by atoms with Gasteiger partial charge in [0.2, 0.25) is 0 Å². The Morgan fingerprint density at radius 3 is 2.92 bits per heavy atom. The molecule has 132 valence electrons. The lowest BCUT2D eigenvalue weighted by atomic mass is 10.1. The molecular weight excluding hydrogens is 328 g/mol. The number of urea groups is 1. The largest absolute Gasteiger partial charge is 0.370 e. The number of carbonyl (C=O) groups excluding carboxylic acids is 1. The molecule has 0 unspecified atom stereocenters. The van der Waals surface area contributed by atoms with E-state index in [0.717, 1.165) is 17.7 Å². The molecule has 2 heterocycles. The second kappa shape index (κ2) is 7.57. The zero-order valence-corrected chi connectivity index (χ0v) is 13.8. The second-order valence-corrected chi connectivity index (χ2v) is 5.94. The van der Waals surface area contributed by atoms with Crippen LogP contribution in [0.2, 0.25) is 0 Å². The van der Waals surface area contributed by atoms with Crippen LogP contribution in [-0.2, 0) is 4.74 Å². The average molecular weight is 347 g/mol. The summed E-state index contributed by atoms with van der Waals surface area (Å²) in [4.78, 5) is 18.1. The van der Waals surface area contributed by atoms with Crippen molar-refractivity contribution in [3.63, 3.8) is 0 Å². The first-order valence-corrected chi connectivity index (χ1v) is 8.06. The van der Waals surface area contributed by atoms with Gasteiger partial charge in [-0.3, -0.25) is 4.98 Å². The number of carbonyl (C=O) groups is 1. The van der Waals surface area contributed by atoms with E-state index in [1.807, 2.05) is 19.1 Å². The summed E-state index contributed by atoms with van der Waals surface area (Å²) in [6.07, 6.45) is 2.89. The van der Waals surface area contributed by atoms with E-state index in [1.165, 1.54) is 6.07 Å². The van der Waals surface area contributed by atoms with Crippen molar-refractivity contribution in [1.29, 1.82) is 0 Å². The van der Waals surface area contributed by atoms with Crippen molar-refractivity contribution in [3.8, 4) is 0 Å². The van der Waals surface area contributed by atoms with Crippen LogP contribution in [0, 0.1) is 11.6 Å². The fourth-order valence-electron chi connectivity index (χ4n) is 2.74. The van der Waals surface area contributed by atoms with Gasteiger partial charge in [0.05, 0.1) is 19.2 Å². The average Bonchev–Trinajstić information content (AvgIpc) is 2.64. The first kappa shape index (κ1) is 17.3. The molecule has 1 aromatic carbocycles. The van der Waals surface area contributed by atoms with E-state index in [0.29, 0.717) is 18.7 Å². The first-order chi connectivity index (χ1) is 12.0. The van der Waals surface area contributed by atoms with Gasteiger partial charge in [0.1, 0.15) is 6.10 Å². The van der Waals surface area contributed by atoms with Crippen LogP contribution in [0.4, 0.5) is 13.6 Å². The Morgan fingerprint density at radius 1 is 1.36 bits per heavy atom. The van der Waals surface area contributed by atoms with E-state index in [2.05, 4.69) is 10.3 Å². The fourth-order valence-corrected chi connectivity index (χ4v) is 2.74. The summed E-state index contributed by atoms with van der Waals surface area (Å²) < 4.78 is 32.1. The van der Waals surface area contributed by atoms with Gasteiger partial charge in [-0.1, -0.05) is 12.1 Å². The standard InChI is InChI=1S/C18H19F2N3O2/c1-12(14-3-2-6-21-10-14)22-18(24)23-7-8-25-17(11-23)13-4-5-15(19)16(20)9-13/h2-6,9-10,12,17H,7-8,11H2,1H3,(H,22,24)/t12-,17+/m1/s1. The number of benzene rings is 1. The number of ether oxygens (including phenoxy) is 1. The molecule has 0 saturated carbocycles. The first-order valence-electron chi connectivity index (χ1n) is 8.06. The molecule has 3 rings (SSSR count). The SMILES string of the molecule is C[C@@H](NC(=O)N1CCO[C@H](c2ccc(F)c(F)c2)C1)c1cccnc1. The minimum Gasteiger partial charge on any atom is -0.370 e. The second-order valence-electron chi connectivity index (χ2n) is 5.94. The number of hydrogen-bond donors (Lipinski definition) is 1. The molecule has 1 N–H and O–H groups in total. The molecule has 0 radical (unpaired) electrons. The van der Waals surface area contributed by atoms with Crippen molar-refractivity contribution in [2.45, 2.75) is 19.1 Å². The highest BCUT2D eigenvalue weighted by atomic mass is 19.2. The van der Waals surface area contributed by atoms with Gasteiger partial charge in [0.25, 0.3) is 0 Å². The molecule has 0 aliphatic carbocycles. The molecule has 25 heavy (non-hydrogen) atoms. The molecule has 0 bridgehead atoms. The zero-order valence-electron chi connectivity index (χ0n) is 13.8. The van der Waals surface area contributed by atoms with Crippen molar-refractivity contribution in [2.24, 2.45) is 0 Å². The van der Waals surface area contributed by atoms with Crippen molar-refractivity contribution in [1.82, 2.24) is 15.2 Å². The van der Waals surface area contributed by atoms with Crippen LogP contribution in [0.1, 0.15) is 30.2 Å². The van der Waals surface area contributed by atoms with Crippen molar-refractivity contribution in [2.75, 3.05) is 19.7 Å². The van der Waals surface area contributed by atoms with Crippen molar-refractivity contribution >= 4 is 6.03 Å². The molecule has 1 saturated heterocycles. The van der Waals surface area contributed by atoms with Crippen molar-refractivity contribution < 1.29 is 18.3 Å². The van der Waals surface area contributed by atoms with Gasteiger partial charge < -0.3 is 15.0 Å². The number of morpholine rings is 1. The van der Waals surface area contributed by atoms with E-state index >= 15 is 0 Å². The molecule has 7 heteroatoms. The summed E-state index contributed by atoms with van der Waals surface area (Å²) in [5, 5.41) is 2.92. The zero-order chi connectivity index (χ0) is 17.8. The molecule has 0 spiro atoms. The van der Waals surface area contributed by atoms with Gasteiger partial charge in [-0.2, -0.15) is 0 Å². The summed E-state index contributed by atoms with van der Waals surface area (Å²) in [5.74, 6) is -1.83. The fraction of sp³-hybridized carbons (Fsp3) is 0.333. The summed E-state index contributed by atoms with van der Waals surface area (Å²) >= 11 is 0. The maximum atomic E-state index is 13.4. The smallest absolute Gasteiger partial charge is 0.318 e. The number of aromatic nitrogens is 1. The third-order valence-corrected chi connectivity index (χ3v) is 4.19. The van der Waals surface area contributed by atoms with Gasteiger partial charge in [-0.25, -0.2) is 13.6 Å². The van der Waals surface area contributed by atoms with Gasteiger partial charge in [-0.05, 0) is 36.2 Å². The Bertz CT molecular complexity index is 742. The van der Waals surface area contributed by atoms with Crippen LogP contribution in [-0.4, -0.2) is 35.6 Å². The molecule has 1 aromatic heterocycles. The number of halogens is 2. The van der Waals surface area contributed by atoms with Gasteiger partial charge in [-0.15, -0.1) is 0 Å². The molecule has 1 aliphatic heterocycles. The normalized spacial score (nSPS) is 18.7. The van der Waals surface area contributed by atoms with Crippen LogP contribution < -0.4 is 5.32 Å². The molecule has 2 amide bonds. The van der Waals surface area contributed by atoms with Gasteiger partial charge >= 0.3 is 6.03 Å². The van der Waals surface area contributed by atoms with Crippen LogP contribution in [0.5, 0.6) is 0 Å². The Hall–Kier alpha value is -2.54. The molecule has 2 aromatic rings. The summed E-state index contributed by atoms with van der Waals surface area (Å²) in [7, 11) is 0. The quantitative estimate of drug-likeness (QED) is 0.928. The number of nitrogens with zero attached hydrogens (tertiary/aromatic N) is 2. The Morgan fingerprint density at radius 2 is 2.20 bits per heavy atom. The molecule has 1 fully saturated rings. The van der Waals surface area contributed by atoms with Crippen LogP contribution in [0.3, 0.4) is 0 Å². The maximum Gasteiger partial charge on any atom is 0.318 e. The number of amides is 2. The van der Waals surface area contributed by atoms with E-state index in [-0.39, 0.29) is 18.6 Å². The molecular formula is C18H19F2N3O2. The maximum absolute atomic E-state index is 13.4. The number of pyridine rings is 1. The van der Waals surface area contributed by atoms with Crippen LogP contribution in [0.25, 0.3) is 0 Å². The van der Waals surface area contributed by atoms with Crippen LogP contribution >= 0.6 is 0 Å². The highest BCUT2D eigenvalue weighted by molar-refractivity contribution is 5.74. The Balaban J connectivity index is 1.64. The lowest BCUT2D eigenvalue weighted by Crippen LogP contribution is -2.47. The topological polar surface area (TPSA) is 54.5 Å². The minimum atomic E-state index is -0.923. The van der Waals surface area contributed by atoms with Crippen molar-refractivity contribution in [3.05, 3.63) is 65.5 Å². The lowest BCUT2D eigenvalue weighted by Gasteiger charge is -2.34. The van der Waals surface area contributed by atoms with E-state index in [4.69, 9.17) is 4.74 Å². The predicted octanol–water partition coefficient (Wildman–Crippen LogP) is 3.20. The highest BCUT2D eigenvalue weighted by Crippen LogP contribution is 2.24. The number of hydrogen-bond acceptors (Lipinski definition) is 3. The molecule has 2 atom stereocenters. The lowest BCUT2D eigenvalue weighted by molar-refractivity contribution is -0.0159. The van der Waals surface area contributed by atoms with Gasteiger partial charge in [0.15, 0.2) is 11.6 Å². The third kappa shape index (κ3) is 4.11. The number of rotatable bonds is 3. The summed E-state index contributed by atoms with van der Waals surface area (Å²) in [5.41, 5.74) is 1.41. The predicted molar refractivity (Wildman–Crippen MR) is 87.8 cm³/mol. The Kier molecular flexibility index (Phi) is 5.23. The number of nitrogens with one attached hydrogen (secondary N) is 1. The van der Waals surface area contributed by atoms with E-state index in [1.54, 1.807) is 17.3 Å². The Labute approximate surface area is 144 Å².